The van der Waals surface area contributed by atoms with E-state index in [0.29, 0.717) is 5.56 Å². The van der Waals surface area contributed by atoms with Crippen molar-refractivity contribution in [3.8, 4) is 5.75 Å². The predicted octanol–water partition coefficient (Wildman–Crippen LogP) is 14.0. The largest absolute Gasteiger partial charge is 0.534 e. The van der Waals surface area contributed by atoms with Gasteiger partial charge < -0.3 is 23.7 Å². The quantitative estimate of drug-likeness (QED) is 0.0695. The molecule has 3 aliphatic rings. The van der Waals surface area contributed by atoms with Gasteiger partial charge in [0.2, 0.25) is 0 Å². The van der Waals surface area contributed by atoms with Crippen molar-refractivity contribution in [3.63, 3.8) is 0 Å². The number of benzene rings is 4. The molecule has 1 aliphatic heterocycles. The van der Waals surface area contributed by atoms with Gasteiger partial charge in [0.15, 0.2) is 0 Å². The van der Waals surface area contributed by atoms with Gasteiger partial charge in [0.05, 0.1) is 22.4 Å². The van der Waals surface area contributed by atoms with Crippen LogP contribution in [-0.2, 0) is 30.3 Å². The van der Waals surface area contributed by atoms with E-state index in [1.54, 1.807) is 12.1 Å². The van der Waals surface area contributed by atoms with Crippen LogP contribution in [0.5, 0.6) is 5.75 Å². The Kier molecular flexibility index (Phi) is 16.9. The molecule has 0 amide bonds. The third-order valence-corrected chi connectivity index (χ3v) is 17.6. The average molecular weight is 999 g/mol. The molecule has 0 unspecified atom stereocenters. The van der Waals surface area contributed by atoms with Crippen LogP contribution in [0.25, 0.3) is 12.2 Å². The molecule has 386 valence electrons. The predicted molar refractivity (Wildman–Crippen MR) is 284 cm³/mol. The highest BCUT2D eigenvalue weighted by atomic mass is 32.2. The van der Waals surface area contributed by atoms with Crippen molar-refractivity contribution < 1.29 is 45.3 Å². The summed E-state index contributed by atoms with van der Waals surface area (Å²) >= 11 is 0. The van der Waals surface area contributed by atoms with Gasteiger partial charge in [-0.05, 0) is 168 Å². The Morgan fingerprint density at radius 2 is 0.930 bits per heavy atom. The number of hydrogen-bond donors (Lipinski definition) is 2. The molecule has 4 aromatic carbocycles. The highest BCUT2D eigenvalue weighted by Crippen LogP contribution is 2.44. The topological polar surface area (TPSA) is 102 Å². The average Bonchev–Trinajstić information content (AvgIpc) is 4.00. The first-order chi connectivity index (χ1) is 33.1. The third-order valence-electron chi connectivity index (χ3n) is 16.7. The molecule has 1 heterocycles. The van der Waals surface area contributed by atoms with Gasteiger partial charge in [0.1, 0.15) is 5.75 Å². The van der Waals surface area contributed by atoms with Crippen LogP contribution in [0, 0.1) is 27.7 Å². The van der Waals surface area contributed by atoms with Crippen molar-refractivity contribution in [1.29, 1.82) is 0 Å². The molecule has 71 heavy (non-hydrogen) atoms. The maximum Gasteiger partial charge on any atom is 0.534 e. The van der Waals surface area contributed by atoms with Gasteiger partial charge in [0.25, 0.3) is 0 Å². The monoisotopic (exact) mass is 999 g/mol. The van der Waals surface area contributed by atoms with Crippen molar-refractivity contribution in [1.82, 2.24) is 0 Å². The fraction of sp³-hybridized carbons (Fsp3) is 0.525. The van der Waals surface area contributed by atoms with Crippen LogP contribution in [0.15, 0.2) is 84.9 Å². The van der Waals surface area contributed by atoms with Crippen LogP contribution in [0.2, 0.25) is 0 Å². The molecule has 7 nitrogen and oxygen atoms in total. The minimum absolute atomic E-state index is 0.0596. The highest BCUT2D eigenvalue weighted by Gasteiger charge is 2.52. The number of halogens is 3. The second kappa shape index (κ2) is 21.3. The first-order valence-electron chi connectivity index (χ1n) is 25.8. The molecular formula is C59H78BF3O7S. The lowest BCUT2D eigenvalue weighted by Crippen LogP contribution is -2.41. The highest BCUT2D eigenvalue weighted by molar-refractivity contribution is 7.88. The molecular weight excluding hydrogens is 921 g/mol. The van der Waals surface area contributed by atoms with Crippen molar-refractivity contribution >= 4 is 34.9 Å². The number of aliphatic hydroxyl groups is 2. The Morgan fingerprint density at radius 3 is 1.27 bits per heavy atom. The molecule has 0 bridgehead atoms. The standard InChI is InChI=1S/C32H45BO3.C27H33F3O4S/c1-9-32(10-2,26-14-13-25(23(3)21-26)17-20-31(34)18-11-12-19-31)27-15-16-28(24(4)22-27)33-35-29(5,6)30(7,8)36-33;1-5-26(6-2,23-11-12-24(20(4)18-23)34-35(32,33)27(28,29)30)22-10-9-21(19(3)17-22)13-16-25(31)14-7-8-15-25/h13-17,20-22,34H,9-12,18-19H2,1-8H3;9-13,16-18,31H,5-8,14-15H2,1-4H3/b20-17+;16-13+. The van der Waals surface area contributed by atoms with Crippen molar-refractivity contribution in [3.05, 3.63) is 141 Å². The second-order valence-corrected chi connectivity index (χ2v) is 23.2. The summed E-state index contributed by atoms with van der Waals surface area (Å²) in [4.78, 5) is 0. The second-order valence-electron chi connectivity index (χ2n) is 21.6. The summed E-state index contributed by atoms with van der Waals surface area (Å²) < 4.78 is 78.2. The summed E-state index contributed by atoms with van der Waals surface area (Å²) in [6, 6.07) is 24.5. The molecule has 1 saturated heterocycles. The minimum Gasteiger partial charge on any atom is -0.399 e. The van der Waals surface area contributed by atoms with E-state index >= 15 is 0 Å². The van der Waals surface area contributed by atoms with E-state index in [1.807, 2.05) is 37.3 Å². The molecule has 12 heteroatoms. The number of aryl methyl sites for hydroxylation is 4. The molecule has 7 rings (SSSR count). The fourth-order valence-electron chi connectivity index (χ4n) is 11.0. The van der Waals surface area contributed by atoms with E-state index in [2.05, 4.69) is 122 Å². The summed E-state index contributed by atoms with van der Waals surface area (Å²) in [7, 11) is -6.08. The molecule has 0 aromatic heterocycles. The molecule has 3 fully saturated rings. The SMILES string of the molecule is CCC(CC)(c1ccc(/C=C/C2(O)CCCC2)c(C)c1)c1ccc(B2OC(C)(C)C(C)(C)O2)c(C)c1.CCC(CC)(c1ccc(/C=C/C2(O)CCCC2)c(C)c1)c1ccc(OS(=O)(=O)C(F)(F)F)c(C)c1. The smallest absolute Gasteiger partial charge is 0.399 e. The zero-order valence-corrected chi connectivity index (χ0v) is 45.1. The van der Waals surface area contributed by atoms with Gasteiger partial charge in [-0.25, -0.2) is 0 Å². The Bertz CT molecular complexity index is 2670. The summed E-state index contributed by atoms with van der Waals surface area (Å²) in [5.74, 6) is -0.339. The molecule has 0 spiro atoms. The maximum atomic E-state index is 12.8. The Balaban J connectivity index is 0.000000233. The van der Waals surface area contributed by atoms with E-state index < -0.39 is 32.2 Å². The van der Waals surface area contributed by atoms with Crippen LogP contribution >= 0.6 is 0 Å². The van der Waals surface area contributed by atoms with E-state index in [4.69, 9.17) is 9.31 Å². The Hall–Kier alpha value is -4.20. The van der Waals surface area contributed by atoms with Gasteiger partial charge >= 0.3 is 22.7 Å². The normalized spacial score (nSPS) is 18.9. The van der Waals surface area contributed by atoms with Gasteiger partial charge in [0, 0.05) is 10.8 Å². The summed E-state index contributed by atoms with van der Waals surface area (Å²) in [6.07, 6.45) is 19.1. The van der Waals surface area contributed by atoms with Crippen molar-refractivity contribution in [2.24, 2.45) is 0 Å². The van der Waals surface area contributed by atoms with Gasteiger partial charge in [-0.2, -0.15) is 21.6 Å². The summed E-state index contributed by atoms with van der Waals surface area (Å²) in [5, 5.41) is 21.4. The molecule has 0 atom stereocenters. The van der Waals surface area contributed by atoms with Crippen LogP contribution in [-0.4, -0.2) is 53.7 Å². The van der Waals surface area contributed by atoms with Gasteiger partial charge in [-0.15, -0.1) is 0 Å². The van der Waals surface area contributed by atoms with Crippen LogP contribution in [0.1, 0.15) is 188 Å². The lowest BCUT2D eigenvalue weighted by molar-refractivity contribution is -0.0500. The molecule has 2 aliphatic carbocycles. The lowest BCUT2D eigenvalue weighted by Gasteiger charge is -2.34. The van der Waals surface area contributed by atoms with Crippen LogP contribution in [0.3, 0.4) is 0 Å². The number of hydrogen-bond acceptors (Lipinski definition) is 7. The number of rotatable bonds is 15. The molecule has 0 radical (unpaired) electrons. The molecule has 4 aromatic rings. The van der Waals surface area contributed by atoms with Crippen LogP contribution < -0.4 is 9.65 Å². The zero-order valence-electron chi connectivity index (χ0n) is 44.3. The Labute approximate surface area is 423 Å². The van der Waals surface area contributed by atoms with Crippen molar-refractivity contribution in [2.45, 2.75) is 199 Å². The van der Waals surface area contributed by atoms with Gasteiger partial charge in [-0.3, -0.25) is 0 Å². The maximum absolute atomic E-state index is 12.8. The van der Waals surface area contributed by atoms with E-state index in [9.17, 15) is 31.8 Å². The minimum atomic E-state index is -5.74. The number of alkyl halides is 3. The third kappa shape index (κ3) is 11.8. The Morgan fingerprint density at radius 1 is 0.577 bits per heavy atom. The zero-order chi connectivity index (χ0) is 52.4. The first kappa shape index (κ1) is 56.1. The van der Waals surface area contributed by atoms with E-state index in [1.165, 1.54) is 40.8 Å². The van der Waals surface area contributed by atoms with E-state index in [0.717, 1.165) is 105 Å². The molecule has 2 saturated carbocycles. The van der Waals surface area contributed by atoms with Gasteiger partial charge in [-0.1, -0.05) is 150 Å². The van der Waals surface area contributed by atoms with Crippen LogP contribution in [0.4, 0.5) is 13.2 Å². The fourth-order valence-corrected chi connectivity index (χ4v) is 11.5. The summed E-state index contributed by atoms with van der Waals surface area (Å²) in [5.41, 5.74) is 3.75. The van der Waals surface area contributed by atoms with Crippen molar-refractivity contribution in [2.75, 3.05) is 0 Å². The summed E-state index contributed by atoms with van der Waals surface area (Å²) in [6.45, 7) is 25.0. The molecule has 2 N–H and O–H groups in total. The van der Waals surface area contributed by atoms with E-state index in [-0.39, 0.29) is 29.5 Å². The first-order valence-corrected chi connectivity index (χ1v) is 27.2. The lowest BCUT2D eigenvalue weighted by atomic mass is 9.68.